The molecule has 1 aliphatic rings. The molecule has 0 unspecified atom stereocenters. The number of rotatable bonds is 4. The molecule has 0 spiro atoms. The van der Waals surface area contributed by atoms with E-state index in [9.17, 15) is 23.1 Å². The number of halogens is 3. The van der Waals surface area contributed by atoms with Crippen LogP contribution in [-0.2, 0) is 12.7 Å². The van der Waals surface area contributed by atoms with Crippen LogP contribution in [0.5, 0.6) is 5.75 Å². The van der Waals surface area contributed by atoms with Crippen LogP contribution in [0, 0.1) is 0 Å². The van der Waals surface area contributed by atoms with E-state index in [1.165, 1.54) is 21.2 Å². The van der Waals surface area contributed by atoms with Gasteiger partial charge in [-0.2, -0.15) is 22.8 Å². The molecule has 2 aromatic heterocycles. The van der Waals surface area contributed by atoms with Crippen molar-refractivity contribution in [2.75, 3.05) is 18.0 Å². The predicted molar refractivity (Wildman–Crippen MR) is 123 cm³/mol. The highest BCUT2D eigenvalue weighted by Crippen LogP contribution is 2.36. The van der Waals surface area contributed by atoms with Crippen molar-refractivity contribution in [1.82, 2.24) is 14.2 Å². The number of aromatic hydroxyl groups is 1. The summed E-state index contributed by atoms with van der Waals surface area (Å²) in [6.07, 6.45) is 2.21. The maximum atomic E-state index is 13.1. The number of imidazole rings is 1. The van der Waals surface area contributed by atoms with E-state index < -0.39 is 11.7 Å². The number of phenolic OH excluding ortho intramolecular Hbond substituents is 1. The van der Waals surface area contributed by atoms with Crippen molar-refractivity contribution in [3.8, 4) is 16.9 Å². The predicted octanol–water partition coefficient (Wildman–Crippen LogP) is 4.93. The van der Waals surface area contributed by atoms with Crippen molar-refractivity contribution < 1.29 is 18.3 Å². The Bertz CT molecular complexity index is 1370. The van der Waals surface area contributed by atoms with Crippen molar-refractivity contribution in [2.24, 2.45) is 0 Å². The van der Waals surface area contributed by atoms with Gasteiger partial charge >= 0.3 is 11.9 Å². The zero-order valence-electron chi connectivity index (χ0n) is 18.3. The molecule has 0 bridgehead atoms. The number of fused-ring (bicyclic) bond motifs is 1. The second-order valence-electron chi connectivity index (χ2n) is 8.53. The molecule has 1 fully saturated rings. The standard InChI is InChI=1S/C25H23F3N4O2/c26-25(27,28)19-8-4-17(5-9-19)15-31-16-22-23(30-12-2-1-3-13-30)21(14-29-32(22)24(31)34)18-6-10-20(33)11-7-18/h4-11,14,16,33H,1-3,12-13,15H2. The van der Waals surface area contributed by atoms with Gasteiger partial charge in [0.2, 0.25) is 0 Å². The first-order valence-corrected chi connectivity index (χ1v) is 11.1. The Morgan fingerprint density at radius 3 is 2.26 bits per heavy atom. The second kappa shape index (κ2) is 8.55. The van der Waals surface area contributed by atoms with Gasteiger partial charge in [-0.05, 0) is 54.7 Å². The Balaban J connectivity index is 1.60. The van der Waals surface area contributed by atoms with E-state index in [2.05, 4.69) is 10.00 Å². The first-order chi connectivity index (χ1) is 16.3. The van der Waals surface area contributed by atoms with Gasteiger partial charge in [-0.15, -0.1) is 0 Å². The van der Waals surface area contributed by atoms with Gasteiger partial charge in [0.25, 0.3) is 0 Å². The first-order valence-electron chi connectivity index (χ1n) is 11.1. The van der Waals surface area contributed by atoms with Crippen LogP contribution in [0.4, 0.5) is 18.9 Å². The van der Waals surface area contributed by atoms with E-state index in [1.807, 2.05) is 12.1 Å². The van der Waals surface area contributed by atoms with Crippen molar-refractivity contribution in [3.63, 3.8) is 0 Å². The zero-order chi connectivity index (χ0) is 23.9. The fourth-order valence-corrected chi connectivity index (χ4v) is 4.48. The van der Waals surface area contributed by atoms with Gasteiger partial charge in [-0.3, -0.25) is 4.57 Å². The normalized spacial score (nSPS) is 14.6. The van der Waals surface area contributed by atoms with E-state index in [1.54, 1.807) is 24.5 Å². The zero-order valence-corrected chi connectivity index (χ0v) is 18.3. The third-order valence-electron chi connectivity index (χ3n) is 6.22. The molecule has 34 heavy (non-hydrogen) atoms. The lowest BCUT2D eigenvalue weighted by Crippen LogP contribution is -2.31. The molecule has 4 aromatic rings. The summed E-state index contributed by atoms with van der Waals surface area (Å²) in [5.41, 5.74) is 2.77. The van der Waals surface area contributed by atoms with Gasteiger partial charge < -0.3 is 10.0 Å². The van der Waals surface area contributed by atoms with E-state index in [4.69, 9.17) is 0 Å². The van der Waals surface area contributed by atoms with Crippen molar-refractivity contribution in [3.05, 3.63) is 82.5 Å². The number of hydrogen-bond donors (Lipinski definition) is 1. The highest BCUT2D eigenvalue weighted by atomic mass is 19.4. The van der Waals surface area contributed by atoms with E-state index >= 15 is 0 Å². The number of nitrogens with zero attached hydrogens (tertiary/aromatic N) is 4. The summed E-state index contributed by atoms with van der Waals surface area (Å²) in [5.74, 6) is 0.163. The van der Waals surface area contributed by atoms with E-state index in [0.29, 0.717) is 11.1 Å². The van der Waals surface area contributed by atoms with Crippen LogP contribution >= 0.6 is 0 Å². The lowest BCUT2D eigenvalue weighted by Gasteiger charge is -2.31. The highest BCUT2D eigenvalue weighted by Gasteiger charge is 2.30. The number of phenols is 1. The molecular weight excluding hydrogens is 445 g/mol. The Kier molecular flexibility index (Phi) is 5.55. The van der Waals surface area contributed by atoms with E-state index in [-0.39, 0.29) is 18.0 Å². The molecule has 0 aliphatic carbocycles. The quantitative estimate of drug-likeness (QED) is 0.462. The summed E-state index contributed by atoms with van der Waals surface area (Å²) in [6, 6.07) is 11.7. The van der Waals surface area contributed by atoms with Crippen molar-refractivity contribution in [2.45, 2.75) is 32.0 Å². The fraction of sp³-hybridized carbons (Fsp3) is 0.280. The lowest BCUT2D eigenvalue weighted by molar-refractivity contribution is -0.137. The lowest BCUT2D eigenvalue weighted by atomic mass is 10.0. The van der Waals surface area contributed by atoms with Gasteiger partial charge in [0.15, 0.2) is 0 Å². The summed E-state index contributed by atoms with van der Waals surface area (Å²) in [4.78, 5) is 15.4. The third kappa shape index (κ3) is 4.13. The minimum Gasteiger partial charge on any atom is -0.508 e. The molecular formula is C25H23F3N4O2. The minimum absolute atomic E-state index is 0.133. The Morgan fingerprint density at radius 1 is 0.941 bits per heavy atom. The molecule has 9 heteroatoms. The molecule has 0 saturated carbocycles. The fourth-order valence-electron chi connectivity index (χ4n) is 4.48. The summed E-state index contributed by atoms with van der Waals surface area (Å²) in [6.45, 7) is 1.83. The number of benzene rings is 2. The molecule has 0 radical (unpaired) electrons. The summed E-state index contributed by atoms with van der Waals surface area (Å²) >= 11 is 0. The molecule has 0 atom stereocenters. The molecule has 5 rings (SSSR count). The molecule has 3 heterocycles. The van der Waals surface area contributed by atoms with Crippen LogP contribution in [0.2, 0.25) is 0 Å². The second-order valence-corrected chi connectivity index (χ2v) is 8.53. The molecule has 6 nitrogen and oxygen atoms in total. The summed E-state index contributed by atoms with van der Waals surface area (Å²) in [7, 11) is 0. The Morgan fingerprint density at radius 2 is 1.62 bits per heavy atom. The number of aromatic nitrogens is 3. The highest BCUT2D eigenvalue weighted by molar-refractivity contribution is 5.88. The smallest absolute Gasteiger partial charge is 0.416 e. The average molecular weight is 468 g/mol. The van der Waals surface area contributed by atoms with Crippen LogP contribution in [0.3, 0.4) is 0 Å². The number of hydrogen-bond acceptors (Lipinski definition) is 4. The van der Waals surface area contributed by atoms with Crippen molar-refractivity contribution >= 4 is 11.2 Å². The molecule has 0 amide bonds. The Labute approximate surface area is 193 Å². The number of piperidine rings is 1. The minimum atomic E-state index is -4.40. The van der Waals surface area contributed by atoms with Crippen molar-refractivity contribution in [1.29, 1.82) is 0 Å². The maximum absolute atomic E-state index is 13.1. The molecule has 2 aromatic carbocycles. The molecule has 176 valence electrons. The van der Waals surface area contributed by atoms with Gasteiger partial charge in [0.1, 0.15) is 11.3 Å². The first kappa shape index (κ1) is 22.1. The maximum Gasteiger partial charge on any atom is 0.416 e. The Hall–Kier alpha value is -3.75. The van der Waals surface area contributed by atoms with Gasteiger partial charge in [0, 0.05) is 24.8 Å². The summed E-state index contributed by atoms with van der Waals surface area (Å²) < 4.78 is 41.5. The number of alkyl halides is 3. The van der Waals surface area contributed by atoms with E-state index in [0.717, 1.165) is 61.3 Å². The SMILES string of the molecule is O=c1n(Cc2ccc(C(F)(F)F)cc2)cc2c(N3CCCCC3)c(-c3ccc(O)cc3)cnn12. The van der Waals surface area contributed by atoms with Gasteiger partial charge in [-0.25, -0.2) is 4.79 Å². The van der Waals surface area contributed by atoms with Crippen LogP contribution in [0.1, 0.15) is 30.4 Å². The third-order valence-corrected chi connectivity index (χ3v) is 6.22. The van der Waals surface area contributed by atoms with Crippen LogP contribution < -0.4 is 10.6 Å². The molecule has 1 aliphatic heterocycles. The number of anilines is 1. The van der Waals surface area contributed by atoms with Crippen LogP contribution in [0.15, 0.2) is 65.7 Å². The average Bonchev–Trinajstić information content (AvgIpc) is 3.14. The van der Waals surface area contributed by atoms with Crippen LogP contribution in [0.25, 0.3) is 16.6 Å². The van der Waals surface area contributed by atoms with Gasteiger partial charge in [-0.1, -0.05) is 24.3 Å². The molecule has 1 N–H and O–H groups in total. The largest absolute Gasteiger partial charge is 0.508 e. The topological polar surface area (TPSA) is 62.8 Å². The summed E-state index contributed by atoms with van der Waals surface area (Å²) in [5, 5.41) is 14.1. The van der Waals surface area contributed by atoms with Gasteiger partial charge in [0.05, 0.1) is 24.0 Å². The van der Waals surface area contributed by atoms with Crippen LogP contribution in [-0.4, -0.2) is 32.4 Å². The molecule has 1 saturated heterocycles. The monoisotopic (exact) mass is 468 g/mol.